The van der Waals surface area contributed by atoms with Crippen LogP contribution in [0.1, 0.15) is 65.2 Å². The first-order chi connectivity index (χ1) is 14.2. The van der Waals surface area contributed by atoms with Gasteiger partial charge in [-0.15, -0.1) is 0 Å². The third-order valence-electron chi connectivity index (χ3n) is 6.88. The topological polar surface area (TPSA) is 50.2 Å². The van der Waals surface area contributed by atoms with Crippen LogP contribution in [-0.4, -0.2) is 34.6 Å². The average Bonchev–Trinajstić information content (AvgIpc) is 3.13. The van der Waals surface area contributed by atoms with Crippen molar-refractivity contribution in [3.05, 3.63) is 24.3 Å². The zero-order valence-corrected chi connectivity index (χ0v) is 18.1. The van der Waals surface area contributed by atoms with Gasteiger partial charge < -0.3 is 14.8 Å². The summed E-state index contributed by atoms with van der Waals surface area (Å²) < 4.78 is 2.44. The first kappa shape index (κ1) is 20.2. The molecule has 0 radical (unpaired) electrons. The summed E-state index contributed by atoms with van der Waals surface area (Å²) in [6.45, 7) is 7.02. The molecule has 29 heavy (non-hydrogen) atoms. The Bertz CT molecular complexity index is 823. The van der Waals surface area contributed by atoms with Crippen LogP contribution in [0.25, 0.3) is 11.0 Å². The van der Waals surface area contributed by atoms with Gasteiger partial charge in [-0.05, 0) is 57.1 Å². The zero-order chi connectivity index (χ0) is 20.2. The Morgan fingerprint density at radius 2 is 1.97 bits per heavy atom. The van der Waals surface area contributed by atoms with Gasteiger partial charge in [-0.3, -0.25) is 4.79 Å². The predicted octanol–water partition coefficient (Wildman–Crippen LogP) is 4.75. The van der Waals surface area contributed by atoms with Gasteiger partial charge in [-0.25, -0.2) is 4.98 Å². The highest BCUT2D eigenvalue weighted by Gasteiger charge is 2.29. The first-order valence-electron chi connectivity index (χ1n) is 11.7. The lowest BCUT2D eigenvalue weighted by Gasteiger charge is -2.34. The van der Waals surface area contributed by atoms with Crippen molar-refractivity contribution < 1.29 is 4.79 Å². The van der Waals surface area contributed by atoms with Crippen molar-refractivity contribution in [3.8, 4) is 0 Å². The summed E-state index contributed by atoms with van der Waals surface area (Å²) >= 11 is 0. The average molecular weight is 397 g/mol. The van der Waals surface area contributed by atoms with E-state index in [9.17, 15) is 4.79 Å². The molecule has 1 N–H and O–H groups in total. The monoisotopic (exact) mass is 396 g/mol. The number of amides is 1. The summed E-state index contributed by atoms with van der Waals surface area (Å²) in [5, 5.41) is 3.19. The second kappa shape index (κ2) is 9.19. The minimum absolute atomic E-state index is 0.0562. The van der Waals surface area contributed by atoms with E-state index in [1.54, 1.807) is 0 Å². The SMILES string of the molecule is CC[C@@H](C)NC(=O)[C@H]1CCCN(c2nc3ccccc3n2CC2CCCCC2)C1. The van der Waals surface area contributed by atoms with E-state index in [0.717, 1.165) is 56.3 Å². The molecule has 2 aromatic rings. The molecule has 1 aliphatic heterocycles. The lowest BCUT2D eigenvalue weighted by atomic mass is 9.89. The molecule has 2 heterocycles. The molecule has 1 saturated heterocycles. The number of rotatable bonds is 6. The molecule has 1 aromatic carbocycles. The maximum Gasteiger partial charge on any atom is 0.225 e. The maximum atomic E-state index is 12.8. The molecule has 0 bridgehead atoms. The van der Waals surface area contributed by atoms with Gasteiger partial charge in [0, 0.05) is 25.7 Å². The van der Waals surface area contributed by atoms with E-state index >= 15 is 0 Å². The van der Waals surface area contributed by atoms with Crippen molar-refractivity contribution in [2.45, 2.75) is 77.8 Å². The van der Waals surface area contributed by atoms with Crippen LogP contribution >= 0.6 is 0 Å². The van der Waals surface area contributed by atoms with Crippen LogP contribution in [0.2, 0.25) is 0 Å². The summed E-state index contributed by atoms with van der Waals surface area (Å²) in [5.74, 6) is 2.08. The van der Waals surface area contributed by atoms with Crippen LogP contribution in [0.3, 0.4) is 0 Å². The number of hydrogen-bond donors (Lipinski definition) is 1. The largest absolute Gasteiger partial charge is 0.353 e. The maximum absolute atomic E-state index is 12.8. The van der Waals surface area contributed by atoms with Gasteiger partial charge in [0.1, 0.15) is 0 Å². The number of fused-ring (bicyclic) bond motifs is 1. The molecule has 5 heteroatoms. The zero-order valence-electron chi connectivity index (χ0n) is 18.1. The van der Waals surface area contributed by atoms with Crippen molar-refractivity contribution >= 4 is 22.9 Å². The smallest absolute Gasteiger partial charge is 0.225 e. The second-order valence-corrected chi connectivity index (χ2v) is 9.12. The molecule has 2 aliphatic rings. The summed E-state index contributed by atoms with van der Waals surface area (Å²) in [6.07, 6.45) is 9.74. The lowest BCUT2D eigenvalue weighted by molar-refractivity contribution is -0.125. The fraction of sp³-hybridized carbons (Fsp3) is 0.667. The van der Waals surface area contributed by atoms with Gasteiger partial charge >= 0.3 is 0 Å². The summed E-state index contributed by atoms with van der Waals surface area (Å²) in [5.41, 5.74) is 2.31. The third kappa shape index (κ3) is 4.59. The molecule has 1 saturated carbocycles. The Kier molecular flexibility index (Phi) is 6.41. The molecule has 1 amide bonds. The van der Waals surface area contributed by atoms with Crippen LogP contribution in [0.15, 0.2) is 24.3 Å². The number of para-hydroxylation sites is 2. The standard InChI is InChI=1S/C24H36N4O/c1-3-18(2)25-23(29)20-12-9-15-27(17-20)24-26-21-13-7-8-14-22(21)28(24)16-19-10-5-4-6-11-19/h7-8,13-14,18-20H,3-6,9-12,15-17H2,1-2H3,(H,25,29)/t18-,20+/m1/s1. The van der Waals surface area contributed by atoms with Gasteiger partial charge in [-0.1, -0.05) is 38.3 Å². The van der Waals surface area contributed by atoms with Gasteiger partial charge in [0.05, 0.1) is 17.0 Å². The number of piperidine rings is 1. The van der Waals surface area contributed by atoms with Gasteiger partial charge in [0.25, 0.3) is 0 Å². The molecule has 0 unspecified atom stereocenters. The van der Waals surface area contributed by atoms with Crippen molar-refractivity contribution in [1.29, 1.82) is 0 Å². The number of benzene rings is 1. The molecular weight excluding hydrogens is 360 g/mol. The van der Waals surface area contributed by atoms with Gasteiger partial charge in [0.2, 0.25) is 11.9 Å². The van der Waals surface area contributed by atoms with E-state index in [0.29, 0.717) is 0 Å². The van der Waals surface area contributed by atoms with Crippen LogP contribution in [0.5, 0.6) is 0 Å². The van der Waals surface area contributed by atoms with E-state index in [2.05, 4.69) is 52.9 Å². The highest BCUT2D eigenvalue weighted by Crippen LogP contribution is 2.31. The van der Waals surface area contributed by atoms with Crippen LogP contribution in [0, 0.1) is 11.8 Å². The minimum atomic E-state index is 0.0562. The first-order valence-corrected chi connectivity index (χ1v) is 11.7. The fourth-order valence-corrected chi connectivity index (χ4v) is 4.95. The molecule has 2 atom stereocenters. The summed E-state index contributed by atoms with van der Waals surface area (Å²) in [7, 11) is 0. The quantitative estimate of drug-likeness (QED) is 0.767. The van der Waals surface area contributed by atoms with E-state index in [1.807, 2.05) is 0 Å². The molecule has 5 nitrogen and oxygen atoms in total. The van der Waals surface area contributed by atoms with Crippen molar-refractivity contribution in [3.63, 3.8) is 0 Å². The number of hydrogen-bond acceptors (Lipinski definition) is 3. The van der Waals surface area contributed by atoms with E-state index < -0.39 is 0 Å². The number of imidazole rings is 1. The Balaban J connectivity index is 1.57. The van der Waals surface area contributed by atoms with E-state index in [1.165, 1.54) is 37.6 Å². The van der Waals surface area contributed by atoms with Crippen LogP contribution < -0.4 is 10.2 Å². The predicted molar refractivity (Wildman–Crippen MR) is 119 cm³/mol. The molecule has 158 valence electrons. The Labute approximate surface area is 174 Å². The van der Waals surface area contributed by atoms with Crippen molar-refractivity contribution in [2.24, 2.45) is 11.8 Å². The van der Waals surface area contributed by atoms with Gasteiger partial charge in [-0.2, -0.15) is 0 Å². The number of carbonyl (C=O) groups is 1. The number of nitrogens with zero attached hydrogens (tertiary/aromatic N) is 3. The molecule has 2 fully saturated rings. The Hall–Kier alpha value is -2.04. The number of aromatic nitrogens is 2. The van der Waals surface area contributed by atoms with Crippen LogP contribution in [-0.2, 0) is 11.3 Å². The Morgan fingerprint density at radius 1 is 1.17 bits per heavy atom. The van der Waals surface area contributed by atoms with E-state index in [-0.39, 0.29) is 17.9 Å². The van der Waals surface area contributed by atoms with Crippen molar-refractivity contribution in [2.75, 3.05) is 18.0 Å². The molecular formula is C24H36N4O. The molecule has 1 aromatic heterocycles. The molecule has 4 rings (SSSR count). The summed E-state index contributed by atoms with van der Waals surface area (Å²) in [6, 6.07) is 8.75. The van der Waals surface area contributed by atoms with E-state index in [4.69, 9.17) is 4.98 Å². The highest BCUT2D eigenvalue weighted by molar-refractivity contribution is 5.81. The second-order valence-electron chi connectivity index (χ2n) is 9.12. The summed E-state index contributed by atoms with van der Waals surface area (Å²) in [4.78, 5) is 20.2. The normalized spacial score (nSPS) is 22.0. The Morgan fingerprint density at radius 3 is 2.76 bits per heavy atom. The van der Waals surface area contributed by atoms with Crippen molar-refractivity contribution in [1.82, 2.24) is 14.9 Å². The van der Waals surface area contributed by atoms with Gasteiger partial charge in [0.15, 0.2) is 0 Å². The minimum Gasteiger partial charge on any atom is -0.353 e. The number of nitrogens with one attached hydrogen (secondary N) is 1. The fourth-order valence-electron chi connectivity index (χ4n) is 4.95. The molecule has 1 aliphatic carbocycles. The molecule has 0 spiro atoms. The highest BCUT2D eigenvalue weighted by atomic mass is 16.2. The van der Waals surface area contributed by atoms with Crippen LogP contribution in [0.4, 0.5) is 5.95 Å². The lowest BCUT2D eigenvalue weighted by Crippen LogP contribution is -2.46. The third-order valence-corrected chi connectivity index (χ3v) is 6.88. The number of carbonyl (C=O) groups excluding carboxylic acids is 1. The number of anilines is 1.